The molecule has 1 aliphatic heterocycles. The smallest absolute Gasteiger partial charge is 0.227 e. The molecule has 0 aromatic heterocycles. The molecule has 1 aromatic carbocycles. The summed E-state index contributed by atoms with van der Waals surface area (Å²) in [6, 6.07) is 7.61. The lowest BCUT2D eigenvalue weighted by molar-refractivity contribution is -0.120. The Hall–Kier alpha value is -1.38. The van der Waals surface area contributed by atoms with Gasteiger partial charge in [-0.15, -0.1) is 0 Å². The van der Waals surface area contributed by atoms with Crippen LogP contribution in [-0.4, -0.2) is 18.5 Å². The number of halogens is 1. The number of nitriles is 1. The highest BCUT2D eigenvalue weighted by Gasteiger charge is 2.24. The second kappa shape index (κ2) is 6.18. The van der Waals surface area contributed by atoms with E-state index >= 15 is 0 Å². The molecule has 0 aliphatic carbocycles. The van der Waals surface area contributed by atoms with Crippen LogP contribution in [0.25, 0.3) is 0 Å². The summed E-state index contributed by atoms with van der Waals surface area (Å²) in [4.78, 5) is 12.2. The second-order valence-corrected chi connectivity index (χ2v) is 5.73. The van der Waals surface area contributed by atoms with Gasteiger partial charge in [-0.1, -0.05) is 0 Å². The quantitative estimate of drug-likeness (QED) is 0.880. The minimum Gasteiger partial charge on any atom is -0.325 e. The van der Waals surface area contributed by atoms with E-state index in [0.29, 0.717) is 11.6 Å². The third-order valence-electron chi connectivity index (χ3n) is 3.35. The van der Waals surface area contributed by atoms with Crippen molar-refractivity contribution in [1.29, 1.82) is 5.26 Å². The molecule has 19 heavy (non-hydrogen) atoms. The van der Waals surface area contributed by atoms with Crippen LogP contribution in [0.4, 0.5) is 5.69 Å². The van der Waals surface area contributed by atoms with Crippen LogP contribution in [0.15, 0.2) is 22.7 Å². The van der Waals surface area contributed by atoms with Crippen LogP contribution in [0, 0.1) is 17.2 Å². The Balaban J connectivity index is 2.04. The number of anilines is 1. The molecule has 0 spiro atoms. The number of benzene rings is 1. The lowest BCUT2D eigenvalue weighted by atomic mass is 9.92. The maximum Gasteiger partial charge on any atom is 0.227 e. The summed E-state index contributed by atoms with van der Waals surface area (Å²) in [6.45, 7) is 2.98. The zero-order chi connectivity index (χ0) is 13.8. The van der Waals surface area contributed by atoms with Gasteiger partial charge >= 0.3 is 0 Å². The van der Waals surface area contributed by atoms with E-state index in [-0.39, 0.29) is 11.8 Å². The predicted molar refractivity (Wildman–Crippen MR) is 77.7 cm³/mol. The van der Waals surface area contributed by atoms with Gasteiger partial charge in [-0.3, -0.25) is 4.79 Å². The molecule has 0 radical (unpaired) electrons. The van der Waals surface area contributed by atoms with Crippen LogP contribution >= 0.6 is 15.9 Å². The van der Waals surface area contributed by atoms with Gasteiger partial charge in [0.15, 0.2) is 0 Å². The fourth-order valence-corrected chi connectivity index (χ4v) is 2.77. The van der Waals surface area contributed by atoms with Crippen LogP contribution in [0.1, 0.15) is 25.3 Å². The standard InChI is InChI=1S/C14H16BrN3O/c1-9-6-11(4-5-17-9)14(19)18-13-3-2-10(8-16)7-12(13)15/h2-3,7,9,11,17H,4-6H2,1H3,(H,18,19). The molecule has 1 heterocycles. The van der Waals surface area contributed by atoms with Crippen molar-refractivity contribution >= 4 is 27.5 Å². The van der Waals surface area contributed by atoms with Crippen molar-refractivity contribution in [2.75, 3.05) is 11.9 Å². The number of nitrogens with zero attached hydrogens (tertiary/aromatic N) is 1. The Bertz CT molecular complexity index is 524. The Morgan fingerprint density at radius 1 is 1.58 bits per heavy atom. The summed E-state index contributed by atoms with van der Waals surface area (Å²) < 4.78 is 0.738. The average molecular weight is 322 g/mol. The highest BCUT2D eigenvalue weighted by atomic mass is 79.9. The highest BCUT2D eigenvalue weighted by molar-refractivity contribution is 9.10. The summed E-state index contributed by atoms with van der Waals surface area (Å²) in [7, 11) is 0. The molecule has 1 aliphatic rings. The Labute approximate surface area is 121 Å². The van der Waals surface area contributed by atoms with Crippen molar-refractivity contribution in [3.05, 3.63) is 28.2 Å². The number of carbonyl (C=O) groups excluding carboxylic acids is 1. The van der Waals surface area contributed by atoms with Crippen molar-refractivity contribution in [2.45, 2.75) is 25.8 Å². The minimum atomic E-state index is 0.0544. The summed E-state index contributed by atoms with van der Waals surface area (Å²) >= 11 is 3.37. The van der Waals surface area contributed by atoms with Gasteiger partial charge in [0.2, 0.25) is 5.91 Å². The normalized spacial score (nSPS) is 22.6. The number of carbonyl (C=O) groups is 1. The third kappa shape index (κ3) is 3.55. The summed E-state index contributed by atoms with van der Waals surface area (Å²) in [6.07, 6.45) is 1.73. The minimum absolute atomic E-state index is 0.0544. The predicted octanol–water partition coefficient (Wildman–Crippen LogP) is 2.65. The van der Waals surface area contributed by atoms with E-state index in [4.69, 9.17) is 5.26 Å². The van der Waals surface area contributed by atoms with Crippen LogP contribution in [0.2, 0.25) is 0 Å². The number of hydrogen-bond acceptors (Lipinski definition) is 3. The molecule has 2 unspecified atom stereocenters. The van der Waals surface area contributed by atoms with Gasteiger partial charge in [-0.2, -0.15) is 5.26 Å². The van der Waals surface area contributed by atoms with Gasteiger partial charge in [0.05, 0.1) is 17.3 Å². The maximum atomic E-state index is 12.2. The number of amides is 1. The molecule has 1 fully saturated rings. The van der Waals surface area contributed by atoms with Crippen LogP contribution < -0.4 is 10.6 Å². The fourth-order valence-electron chi connectivity index (χ4n) is 2.29. The zero-order valence-electron chi connectivity index (χ0n) is 10.7. The summed E-state index contributed by atoms with van der Waals surface area (Å²) in [5.41, 5.74) is 1.29. The fraction of sp³-hybridized carbons (Fsp3) is 0.429. The number of rotatable bonds is 2. The zero-order valence-corrected chi connectivity index (χ0v) is 12.3. The van der Waals surface area contributed by atoms with Crippen molar-refractivity contribution < 1.29 is 4.79 Å². The molecular formula is C14H16BrN3O. The third-order valence-corrected chi connectivity index (χ3v) is 4.01. The number of hydrogen-bond donors (Lipinski definition) is 2. The van der Waals surface area contributed by atoms with Crippen LogP contribution in [0.3, 0.4) is 0 Å². The molecule has 1 amide bonds. The SMILES string of the molecule is CC1CC(C(=O)Nc2ccc(C#N)cc2Br)CCN1. The van der Waals surface area contributed by atoms with Gasteiger partial charge in [-0.05, 0) is 60.4 Å². The van der Waals surface area contributed by atoms with Gasteiger partial charge in [0.25, 0.3) is 0 Å². The van der Waals surface area contributed by atoms with E-state index in [1.165, 1.54) is 0 Å². The van der Waals surface area contributed by atoms with E-state index in [1.807, 2.05) is 0 Å². The van der Waals surface area contributed by atoms with E-state index in [2.05, 4.69) is 39.6 Å². The summed E-state index contributed by atoms with van der Waals surface area (Å²) in [5.74, 6) is 0.109. The molecule has 1 aromatic rings. The monoisotopic (exact) mass is 321 g/mol. The first-order chi connectivity index (χ1) is 9.10. The van der Waals surface area contributed by atoms with Crippen molar-refractivity contribution in [3.8, 4) is 6.07 Å². The Morgan fingerprint density at radius 3 is 3.00 bits per heavy atom. The number of piperidine rings is 1. The summed E-state index contributed by atoms with van der Waals surface area (Å²) in [5, 5.41) is 15.1. The molecule has 0 saturated carbocycles. The molecule has 5 heteroatoms. The van der Waals surface area contributed by atoms with Crippen LogP contribution in [-0.2, 0) is 4.79 Å². The van der Waals surface area contributed by atoms with Crippen molar-refractivity contribution in [1.82, 2.24) is 5.32 Å². The second-order valence-electron chi connectivity index (χ2n) is 4.87. The van der Waals surface area contributed by atoms with Gasteiger partial charge < -0.3 is 10.6 Å². The van der Waals surface area contributed by atoms with Crippen LogP contribution in [0.5, 0.6) is 0 Å². The van der Waals surface area contributed by atoms with E-state index in [1.54, 1.807) is 18.2 Å². The first kappa shape index (κ1) is 14.0. The van der Waals surface area contributed by atoms with E-state index in [9.17, 15) is 4.79 Å². The average Bonchev–Trinajstić information content (AvgIpc) is 2.41. The van der Waals surface area contributed by atoms with Crippen molar-refractivity contribution in [2.24, 2.45) is 5.92 Å². The highest BCUT2D eigenvalue weighted by Crippen LogP contribution is 2.25. The van der Waals surface area contributed by atoms with Gasteiger partial charge in [0.1, 0.15) is 0 Å². The number of nitrogens with one attached hydrogen (secondary N) is 2. The first-order valence-electron chi connectivity index (χ1n) is 6.34. The van der Waals surface area contributed by atoms with Gasteiger partial charge in [0, 0.05) is 16.4 Å². The van der Waals surface area contributed by atoms with Gasteiger partial charge in [-0.25, -0.2) is 0 Å². The maximum absolute atomic E-state index is 12.2. The molecule has 100 valence electrons. The van der Waals surface area contributed by atoms with E-state index in [0.717, 1.165) is 29.5 Å². The molecule has 2 rings (SSSR count). The molecule has 1 saturated heterocycles. The Morgan fingerprint density at radius 2 is 2.37 bits per heavy atom. The lowest BCUT2D eigenvalue weighted by Gasteiger charge is -2.27. The van der Waals surface area contributed by atoms with E-state index < -0.39 is 0 Å². The molecule has 2 atom stereocenters. The molecule has 4 nitrogen and oxygen atoms in total. The molecule has 0 bridgehead atoms. The van der Waals surface area contributed by atoms with Crippen molar-refractivity contribution in [3.63, 3.8) is 0 Å². The molecule has 2 N–H and O–H groups in total. The molecular weight excluding hydrogens is 306 g/mol. The lowest BCUT2D eigenvalue weighted by Crippen LogP contribution is -2.40. The topological polar surface area (TPSA) is 64.9 Å². The Kier molecular flexibility index (Phi) is 4.56. The first-order valence-corrected chi connectivity index (χ1v) is 7.13. The largest absolute Gasteiger partial charge is 0.325 e.